The van der Waals surface area contributed by atoms with E-state index in [1.807, 2.05) is 42.5 Å². The molecule has 0 atom stereocenters. The summed E-state index contributed by atoms with van der Waals surface area (Å²) in [7, 11) is 0. The molecule has 3 aromatic carbocycles. The second-order valence-electron chi connectivity index (χ2n) is 8.15. The Hall–Kier alpha value is -4.84. The van der Waals surface area contributed by atoms with Crippen LogP contribution >= 0.6 is 0 Å². The van der Waals surface area contributed by atoms with E-state index < -0.39 is 12.3 Å². The lowest BCUT2D eigenvalue weighted by atomic mass is 10.0. The van der Waals surface area contributed by atoms with Gasteiger partial charge in [0.2, 0.25) is 0 Å². The summed E-state index contributed by atoms with van der Waals surface area (Å²) < 4.78 is 47.1. The zero-order valence-electron chi connectivity index (χ0n) is 20.0. The number of alkyl halides is 3. The van der Waals surface area contributed by atoms with Gasteiger partial charge in [-0.15, -0.1) is 13.2 Å². The molecule has 6 nitrogen and oxygen atoms in total. The number of para-hydroxylation sites is 1. The van der Waals surface area contributed by atoms with Crippen molar-refractivity contribution in [1.29, 1.82) is 5.26 Å². The summed E-state index contributed by atoms with van der Waals surface area (Å²) in [5.74, 6) is -0.219. The van der Waals surface area contributed by atoms with Gasteiger partial charge in [-0.1, -0.05) is 48.5 Å². The highest BCUT2D eigenvalue weighted by Crippen LogP contribution is 2.26. The third-order valence-corrected chi connectivity index (χ3v) is 5.40. The highest BCUT2D eigenvalue weighted by atomic mass is 19.4. The number of amides is 1. The topological polar surface area (TPSA) is 84.2 Å². The Morgan fingerprint density at radius 1 is 0.947 bits per heavy atom. The molecule has 1 heterocycles. The standard InChI is InChI=1S/C29H22F3N3O3/c30-29(31,32)38-25-12-6-20(7-13-25)18-26(28(36)34-17-3-16-33)21-9-14-24(15-10-21)37-19-23-11-8-22-4-1-2-5-27(22)35-23/h1-2,4-15,18H,3,17,19H2,(H,34,36)/b26-18+. The van der Waals surface area contributed by atoms with Crippen molar-refractivity contribution >= 4 is 28.5 Å². The number of halogens is 3. The molecule has 38 heavy (non-hydrogen) atoms. The first-order valence-corrected chi connectivity index (χ1v) is 11.6. The van der Waals surface area contributed by atoms with Gasteiger partial charge in [-0.2, -0.15) is 5.26 Å². The number of carbonyl (C=O) groups is 1. The predicted octanol–water partition coefficient (Wildman–Crippen LogP) is 6.28. The zero-order chi connectivity index (χ0) is 27.0. The molecule has 1 aromatic heterocycles. The third kappa shape index (κ3) is 7.34. The lowest BCUT2D eigenvalue weighted by Gasteiger charge is -2.11. The second kappa shape index (κ2) is 11.9. The first kappa shape index (κ1) is 26.2. The minimum Gasteiger partial charge on any atom is -0.487 e. The van der Waals surface area contributed by atoms with Gasteiger partial charge in [0.25, 0.3) is 5.91 Å². The fourth-order valence-electron chi connectivity index (χ4n) is 3.62. The summed E-state index contributed by atoms with van der Waals surface area (Å²) in [6, 6.07) is 25.6. The third-order valence-electron chi connectivity index (χ3n) is 5.40. The summed E-state index contributed by atoms with van der Waals surface area (Å²) in [6.45, 7) is 0.416. The Labute approximate surface area is 217 Å². The summed E-state index contributed by atoms with van der Waals surface area (Å²) in [5, 5.41) is 12.5. The number of aromatic nitrogens is 1. The normalized spacial score (nSPS) is 11.6. The van der Waals surface area contributed by atoms with Gasteiger partial charge in [0.15, 0.2) is 0 Å². The number of hydrogen-bond acceptors (Lipinski definition) is 5. The van der Waals surface area contributed by atoms with Crippen LogP contribution in [0.2, 0.25) is 0 Å². The van der Waals surface area contributed by atoms with Gasteiger partial charge < -0.3 is 14.8 Å². The molecule has 0 bridgehead atoms. The number of fused-ring (bicyclic) bond motifs is 1. The molecule has 0 aliphatic heterocycles. The van der Waals surface area contributed by atoms with Crippen molar-refractivity contribution in [1.82, 2.24) is 10.3 Å². The van der Waals surface area contributed by atoms with E-state index >= 15 is 0 Å². The Morgan fingerprint density at radius 2 is 1.66 bits per heavy atom. The summed E-state index contributed by atoms with van der Waals surface area (Å²) in [5.41, 5.74) is 2.97. The van der Waals surface area contributed by atoms with Gasteiger partial charge in [0, 0.05) is 17.5 Å². The molecular weight excluding hydrogens is 495 g/mol. The number of carbonyl (C=O) groups excluding carboxylic acids is 1. The Kier molecular flexibility index (Phi) is 8.23. The van der Waals surface area contributed by atoms with Crippen LogP contribution < -0.4 is 14.8 Å². The Balaban J connectivity index is 1.51. The molecule has 0 saturated carbocycles. The van der Waals surface area contributed by atoms with E-state index in [0.717, 1.165) is 16.6 Å². The van der Waals surface area contributed by atoms with Crippen LogP contribution in [0, 0.1) is 11.3 Å². The largest absolute Gasteiger partial charge is 0.573 e. The van der Waals surface area contributed by atoms with Crippen LogP contribution in [0.5, 0.6) is 11.5 Å². The first-order chi connectivity index (χ1) is 18.3. The molecule has 0 fully saturated rings. The molecule has 1 amide bonds. The number of nitrogens with zero attached hydrogens (tertiary/aromatic N) is 2. The minimum atomic E-state index is -4.79. The number of benzene rings is 3. The van der Waals surface area contributed by atoms with E-state index in [-0.39, 0.29) is 30.9 Å². The second-order valence-corrected chi connectivity index (χ2v) is 8.15. The van der Waals surface area contributed by atoms with Crippen LogP contribution in [0.15, 0.2) is 84.9 Å². The lowest BCUT2D eigenvalue weighted by molar-refractivity contribution is -0.274. The summed E-state index contributed by atoms with van der Waals surface area (Å²) in [6.07, 6.45) is -3.11. The van der Waals surface area contributed by atoms with Crippen LogP contribution in [0.1, 0.15) is 23.2 Å². The molecule has 4 aromatic rings. The monoisotopic (exact) mass is 517 g/mol. The van der Waals surface area contributed by atoms with Crippen LogP contribution in [-0.4, -0.2) is 23.8 Å². The maximum absolute atomic E-state index is 12.9. The van der Waals surface area contributed by atoms with Gasteiger partial charge in [0.1, 0.15) is 18.1 Å². The van der Waals surface area contributed by atoms with Crippen molar-refractivity contribution in [3.8, 4) is 17.6 Å². The van der Waals surface area contributed by atoms with E-state index in [1.54, 1.807) is 30.3 Å². The number of ether oxygens (including phenoxy) is 2. The van der Waals surface area contributed by atoms with Crippen LogP contribution in [0.25, 0.3) is 22.6 Å². The van der Waals surface area contributed by atoms with Crippen molar-refractivity contribution in [3.05, 3.63) is 102 Å². The summed E-state index contributed by atoms with van der Waals surface area (Å²) in [4.78, 5) is 17.5. The maximum atomic E-state index is 12.9. The smallest absolute Gasteiger partial charge is 0.487 e. The van der Waals surface area contributed by atoms with E-state index in [9.17, 15) is 18.0 Å². The molecule has 0 unspecified atom stereocenters. The molecule has 1 N–H and O–H groups in total. The Bertz CT molecular complexity index is 1480. The van der Waals surface area contributed by atoms with Crippen LogP contribution in [0.3, 0.4) is 0 Å². The first-order valence-electron chi connectivity index (χ1n) is 11.6. The van der Waals surface area contributed by atoms with Crippen LogP contribution in [0.4, 0.5) is 13.2 Å². The molecule has 0 radical (unpaired) electrons. The highest BCUT2D eigenvalue weighted by Gasteiger charge is 2.30. The molecule has 192 valence electrons. The number of nitrogens with one attached hydrogen (secondary N) is 1. The van der Waals surface area contributed by atoms with Gasteiger partial charge in [-0.3, -0.25) is 4.79 Å². The zero-order valence-corrected chi connectivity index (χ0v) is 20.0. The van der Waals surface area contributed by atoms with Crippen molar-refractivity contribution < 1.29 is 27.4 Å². The highest BCUT2D eigenvalue weighted by molar-refractivity contribution is 6.24. The average molecular weight is 518 g/mol. The fourth-order valence-corrected chi connectivity index (χ4v) is 3.62. The number of pyridine rings is 1. The van der Waals surface area contributed by atoms with E-state index in [1.165, 1.54) is 24.3 Å². The van der Waals surface area contributed by atoms with Crippen LogP contribution in [-0.2, 0) is 11.4 Å². The van der Waals surface area contributed by atoms with Gasteiger partial charge >= 0.3 is 6.36 Å². The molecule has 0 aliphatic carbocycles. The quantitative estimate of drug-likeness (QED) is 0.160. The van der Waals surface area contributed by atoms with E-state index in [4.69, 9.17) is 10.00 Å². The molecule has 4 rings (SSSR count). The Morgan fingerprint density at radius 3 is 2.37 bits per heavy atom. The van der Waals surface area contributed by atoms with Crippen molar-refractivity contribution in [3.63, 3.8) is 0 Å². The fraction of sp³-hybridized carbons (Fsp3) is 0.138. The SMILES string of the molecule is N#CCCNC(=O)/C(=C/c1ccc(OC(F)(F)F)cc1)c1ccc(OCc2ccc3ccccc3n2)cc1. The van der Waals surface area contributed by atoms with E-state index in [0.29, 0.717) is 16.9 Å². The maximum Gasteiger partial charge on any atom is 0.573 e. The number of hydrogen-bond donors (Lipinski definition) is 1. The summed E-state index contributed by atoms with van der Waals surface area (Å²) >= 11 is 0. The van der Waals surface area contributed by atoms with Gasteiger partial charge in [0.05, 0.1) is 23.7 Å². The molecular formula is C29H22F3N3O3. The molecule has 0 aliphatic rings. The molecule has 0 saturated heterocycles. The van der Waals surface area contributed by atoms with Gasteiger partial charge in [-0.05, 0) is 53.6 Å². The van der Waals surface area contributed by atoms with Crippen molar-refractivity contribution in [2.24, 2.45) is 0 Å². The molecule has 9 heteroatoms. The average Bonchev–Trinajstić information content (AvgIpc) is 2.91. The molecule has 0 spiro atoms. The minimum absolute atomic E-state index is 0.137. The predicted molar refractivity (Wildman–Crippen MR) is 137 cm³/mol. The van der Waals surface area contributed by atoms with Crippen molar-refractivity contribution in [2.45, 2.75) is 19.4 Å². The van der Waals surface area contributed by atoms with Crippen molar-refractivity contribution in [2.75, 3.05) is 6.54 Å². The number of nitriles is 1. The lowest BCUT2D eigenvalue weighted by Crippen LogP contribution is -2.25. The number of rotatable bonds is 9. The van der Waals surface area contributed by atoms with Gasteiger partial charge in [-0.25, -0.2) is 4.98 Å². The van der Waals surface area contributed by atoms with E-state index in [2.05, 4.69) is 15.0 Å².